The van der Waals surface area contributed by atoms with Gasteiger partial charge in [-0.05, 0) is 141 Å². The molecule has 30 aromatic rings. The highest BCUT2D eigenvalue weighted by molar-refractivity contribution is 7.27. The Labute approximate surface area is 835 Å². The topological polar surface area (TPSA) is 155 Å². The Kier molecular flexibility index (Phi) is 20.2. The number of rotatable bonds is 12. The van der Waals surface area contributed by atoms with Crippen LogP contribution in [0.25, 0.3) is 295 Å². The highest BCUT2D eigenvalue weighted by Crippen LogP contribution is 2.52. The number of nitrogens with zero attached hydrogens (tertiary/aromatic N) is 9. The van der Waals surface area contributed by atoms with E-state index in [0.717, 1.165) is 182 Å². The number of hydrogen-bond donors (Lipinski definition) is 0. The van der Waals surface area contributed by atoms with E-state index in [2.05, 4.69) is 273 Å². The van der Waals surface area contributed by atoms with Gasteiger partial charge >= 0.3 is 0 Å². The van der Waals surface area contributed by atoms with Crippen LogP contribution >= 0.6 is 34.0 Å². The molecule has 0 amide bonds. The summed E-state index contributed by atoms with van der Waals surface area (Å²) >= 11 is 5.47. The van der Waals surface area contributed by atoms with Gasteiger partial charge in [-0.2, -0.15) is 0 Å². The highest BCUT2D eigenvalue weighted by Gasteiger charge is 2.29. The summed E-state index contributed by atoms with van der Waals surface area (Å²) in [4.78, 5) is 45.8. The fourth-order valence-corrected chi connectivity index (χ4v) is 24.1. The van der Waals surface area contributed by atoms with Gasteiger partial charge in [-0.3, -0.25) is 0 Å². The van der Waals surface area contributed by atoms with Crippen LogP contribution in [0.1, 0.15) is 0 Å². The minimum absolute atomic E-state index is 0.607. The molecule has 0 saturated carbocycles. The van der Waals surface area contributed by atoms with Crippen molar-refractivity contribution < 1.29 is 13.3 Å². The number of benzene rings is 21. The van der Waals surface area contributed by atoms with E-state index in [4.69, 9.17) is 58.1 Å². The van der Waals surface area contributed by atoms with Crippen LogP contribution in [0.15, 0.2) is 468 Å². The average molecular weight is 1900 g/mol. The zero-order valence-electron chi connectivity index (χ0n) is 76.8. The molecule has 0 bridgehead atoms. The van der Waals surface area contributed by atoms with E-state index in [0.29, 0.717) is 52.4 Å². The van der Waals surface area contributed by atoms with Gasteiger partial charge in [-0.15, -0.1) is 34.0 Å². The number of hydrogen-bond acceptors (Lipinski definition) is 15. The first kappa shape index (κ1) is 83.6. The molecule has 0 aliphatic rings. The second-order valence-electron chi connectivity index (χ2n) is 36.0. The van der Waals surface area contributed by atoms with Crippen LogP contribution in [0, 0.1) is 0 Å². The molecule has 0 aliphatic heterocycles. The second-order valence-corrected chi connectivity index (χ2v) is 39.2. The summed E-state index contributed by atoms with van der Waals surface area (Å²) in [5, 5.41) is 20.6. The molecule has 0 saturated heterocycles. The fraction of sp³-hybridized carbons (Fsp3) is 0. The van der Waals surface area contributed by atoms with Crippen molar-refractivity contribution in [1.82, 2.24) is 44.9 Å². The molecule has 30 rings (SSSR count). The van der Waals surface area contributed by atoms with Crippen molar-refractivity contribution in [3.05, 3.63) is 455 Å². The van der Waals surface area contributed by atoms with Gasteiger partial charge in [-0.1, -0.05) is 358 Å². The molecule has 0 unspecified atom stereocenters. The smallest absolute Gasteiger partial charge is 0.165 e. The Morgan fingerprint density at radius 2 is 0.451 bits per heavy atom. The average Bonchev–Trinajstić information content (AvgIpc) is 1.57. The van der Waals surface area contributed by atoms with Crippen molar-refractivity contribution >= 4 is 193 Å². The van der Waals surface area contributed by atoms with Crippen molar-refractivity contribution in [2.45, 2.75) is 0 Å². The molecule has 0 N–H and O–H groups in total. The van der Waals surface area contributed by atoms with Gasteiger partial charge in [0.2, 0.25) is 0 Å². The van der Waals surface area contributed by atoms with Crippen molar-refractivity contribution in [2.75, 3.05) is 0 Å². The summed E-state index contributed by atoms with van der Waals surface area (Å²) in [5.74, 6) is 5.59. The van der Waals surface area contributed by atoms with E-state index in [-0.39, 0.29) is 0 Å². The Hall–Kier alpha value is -18.5. The van der Waals surface area contributed by atoms with E-state index in [1.54, 1.807) is 0 Å². The molecular weight excluding hydrogens is 1820 g/mol. The molecule has 15 heteroatoms. The minimum atomic E-state index is 0.607. The maximum Gasteiger partial charge on any atom is 0.165 e. The summed E-state index contributed by atoms with van der Waals surface area (Å²) in [5.41, 5.74) is 19.8. The number of furan rings is 3. The van der Waals surface area contributed by atoms with Gasteiger partial charge in [0.05, 0.1) is 0 Å². The maximum absolute atomic E-state index is 6.89. The molecule has 9 heterocycles. The van der Waals surface area contributed by atoms with E-state index in [1.165, 1.54) is 60.5 Å². The van der Waals surface area contributed by atoms with Gasteiger partial charge in [0.1, 0.15) is 33.5 Å². The lowest BCUT2D eigenvalue weighted by atomic mass is 9.93. The predicted molar refractivity (Wildman–Crippen MR) is 598 cm³/mol. The first-order valence-corrected chi connectivity index (χ1v) is 50.3. The van der Waals surface area contributed by atoms with Gasteiger partial charge in [0, 0.05) is 165 Å². The van der Waals surface area contributed by atoms with E-state index in [9.17, 15) is 0 Å². The van der Waals surface area contributed by atoms with Crippen molar-refractivity contribution in [2.24, 2.45) is 0 Å². The molecule has 144 heavy (non-hydrogen) atoms. The zero-order chi connectivity index (χ0) is 94.8. The molecule has 672 valence electrons. The Bertz CT molecular complexity index is 10200. The lowest BCUT2D eigenvalue weighted by molar-refractivity contribution is 0.669. The molecule has 0 atom stereocenters. The quantitative estimate of drug-likeness (QED) is 0.114. The first-order chi connectivity index (χ1) is 71.3. The summed E-state index contributed by atoms with van der Waals surface area (Å²) in [6.45, 7) is 0. The minimum Gasteiger partial charge on any atom is -0.456 e. The molecule has 9 aromatic heterocycles. The van der Waals surface area contributed by atoms with Crippen LogP contribution in [0.2, 0.25) is 0 Å². The van der Waals surface area contributed by atoms with Crippen molar-refractivity contribution in [3.8, 4) is 136 Å². The molecular formula is C129H75N9O3S3. The third kappa shape index (κ3) is 14.7. The molecule has 0 spiro atoms. The third-order valence-corrected chi connectivity index (χ3v) is 30.9. The lowest BCUT2D eigenvalue weighted by Gasteiger charge is -2.14. The van der Waals surface area contributed by atoms with E-state index >= 15 is 0 Å². The normalized spacial score (nSPS) is 11.8. The fourth-order valence-electron chi connectivity index (χ4n) is 20.5. The van der Waals surface area contributed by atoms with E-state index in [1.807, 2.05) is 216 Å². The van der Waals surface area contributed by atoms with Crippen LogP contribution in [-0.2, 0) is 0 Å². The first-order valence-electron chi connectivity index (χ1n) is 47.8. The largest absolute Gasteiger partial charge is 0.456 e. The second kappa shape index (κ2) is 34.8. The van der Waals surface area contributed by atoms with Crippen LogP contribution in [-0.4, -0.2) is 44.9 Å². The van der Waals surface area contributed by atoms with Crippen LogP contribution in [0.3, 0.4) is 0 Å². The van der Waals surface area contributed by atoms with Crippen LogP contribution < -0.4 is 0 Å². The highest BCUT2D eigenvalue weighted by atomic mass is 32.1. The molecule has 12 nitrogen and oxygen atoms in total. The van der Waals surface area contributed by atoms with Gasteiger partial charge < -0.3 is 13.3 Å². The van der Waals surface area contributed by atoms with Crippen molar-refractivity contribution in [1.29, 1.82) is 0 Å². The Morgan fingerprint density at radius 1 is 0.153 bits per heavy atom. The van der Waals surface area contributed by atoms with Crippen LogP contribution in [0.4, 0.5) is 0 Å². The molecule has 0 aliphatic carbocycles. The van der Waals surface area contributed by atoms with Gasteiger partial charge in [0.15, 0.2) is 52.4 Å². The zero-order valence-corrected chi connectivity index (χ0v) is 79.2. The number of fused-ring (bicyclic) bond motifs is 21. The van der Waals surface area contributed by atoms with Crippen LogP contribution in [0.5, 0.6) is 0 Å². The van der Waals surface area contributed by atoms with Crippen molar-refractivity contribution in [3.63, 3.8) is 0 Å². The van der Waals surface area contributed by atoms with Gasteiger partial charge in [0.25, 0.3) is 0 Å². The van der Waals surface area contributed by atoms with E-state index < -0.39 is 0 Å². The summed E-state index contributed by atoms with van der Waals surface area (Å²) in [6.07, 6.45) is 0. The number of aromatic nitrogens is 9. The monoisotopic (exact) mass is 1890 g/mol. The summed E-state index contributed by atoms with van der Waals surface area (Å²) in [7, 11) is 0. The summed E-state index contributed by atoms with van der Waals surface area (Å²) < 4.78 is 27.9. The predicted octanol–water partition coefficient (Wildman–Crippen LogP) is 35.9. The standard InChI is InChI=1S/3C43H25N3OS/c1-3-12-26(13-4-1)41-44-42(27-14-5-2-6-15-27)46-43(45-41)39-31(33-20-11-19-32-30-18-9-10-21-37(30)48-40(32)33)22-23-35-38(39)34-24-28-16-7-8-17-29(28)25-36(34)47-35;1-3-12-26(13-4-1)41-44-42(27-14-5-2-6-15-27)46-43(45-41)34-23-22-31(33-20-11-19-32-30-18-9-10-21-37(30)48-40(32)33)39-38(34)35-24-28-16-7-8-17-29(28)25-36(35)47-39;1-3-11-26(12-4-1)41-44-42(27-13-5-2-6-14-27)46-43(45-41)34-22-21-31(30-19-20-33-32-17-9-10-18-37(32)48-38(33)25-30)40-39(34)35-23-28-15-7-8-16-29(28)24-36(35)47-40/h3*1-25H. The molecule has 0 radical (unpaired) electrons. The molecule has 21 aromatic carbocycles. The number of thiophene rings is 3. The Morgan fingerprint density at radius 3 is 0.868 bits per heavy atom. The molecule has 0 fully saturated rings. The SMILES string of the molecule is c1ccc(-c2nc(-c3ccccc3)nc(-c3c(-c4cccc5c4sc4ccccc45)ccc4oc5cc6ccccc6cc5c34)n2)cc1.c1ccc(-c2nc(-c3ccccc3)nc(-c3ccc(-c4ccc5c(c4)sc4ccccc45)c4oc5cc6ccccc6cc5c34)n2)cc1.c1ccc(-c2nc(-c3ccccc3)nc(-c3ccc(-c4cccc5c4sc4ccccc45)c4oc5cc6ccccc6cc5c34)n2)cc1. The summed E-state index contributed by atoms with van der Waals surface area (Å²) in [6, 6.07) is 158. The third-order valence-electron chi connectivity index (χ3n) is 27.4. The maximum atomic E-state index is 6.89. The van der Waals surface area contributed by atoms with Gasteiger partial charge in [-0.25, -0.2) is 44.9 Å². The Balaban J connectivity index is 0.000000105. The lowest BCUT2D eigenvalue weighted by Crippen LogP contribution is -2.01.